The van der Waals surface area contributed by atoms with Gasteiger partial charge in [-0.15, -0.1) is 0 Å². The minimum absolute atomic E-state index is 0.138. The van der Waals surface area contributed by atoms with Crippen molar-refractivity contribution in [2.75, 3.05) is 17.2 Å². The van der Waals surface area contributed by atoms with Gasteiger partial charge in [0.1, 0.15) is 18.3 Å². The first-order valence-corrected chi connectivity index (χ1v) is 5.56. The van der Waals surface area contributed by atoms with Crippen LogP contribution in [-0.2, 0) is 0 Å². The van der Waals surface area contributed by atoms with Gasteiger partial charge < -0.3 is 15.1 Å². The van der Waals surface area contributed by atoms with E-state index < -0.39 is 0 Å². The number of nitrogens with one attached hydrogen (secondary N) is 2. The van der Waals surface area contributed by atoms with E-state index >= 15 is 0 Å². The molecule has 1 atom stereocenters. The summed E-state index contributed by atoms with van der Waals surface area (Å²) >= 11 is 0. The van der Waals surface area contributed by atoms with E-state index in [1.54, 1.807) is 19.5 Å². The smallest absolute Gasteiger partial charge is 0.126 e. The van der Waals surface area contributed by atoms with Crippen molar-refractivity contribution in [2.45, 2.75) is 13.0 Å². The summed E-state index contributed by atoms with van der Waals surface area (Å²) in [6.45, 7) is 2.54. The number of aryl methyl sites for hydroxylation is 1. The summed E-state index contributed by atoms with van der Waals surface area (Å²) < 4.78 is 18.3. The number of hydrogen-bond donors (Lipinski definition) is 2. The Morgan fingerprint density at radius 1 is 1.29 bits per heavy atom. The summed E-state index contributed by atoms with van der Waals surface area (Å²) in [6, 6.07) is 5.34. The van der Waals surface area contributed by atoms with Crippen molar-refractivity contribution in [2.24, 2.45) is 0 Å². The molecule has 2 heterocycles. The van der Waals surface area contributed by atoms with Crippen LogP contribution in [0.3, 0.4) is 0 Å². The van der Waals surface area contributed by atoms with Crippen LogP contribution in [0.4, 0.5) is 15.8 Å². The van der Waals surface area contributed by atoms with Gasteiger partial charge in [0.05, 0.1) is 17.4 Å². The number of rotatable bonds is 1. The van der Waals surface area contributed by atoms with Crippen LogP contribution in [0.1, 0.15) is 17.2 Å². The molecule has 2 N–H and O–H groups in total. The van der Waals surface area contributed by atoms with Crippen LogP contribution in [0.2, 0.25) is 0 Å². The van der Waals surface area contributed by atoms with Gasteiger partial charge in [0.25, 0.3) is 0 Å². The first-order chi connectivity index (χ1) is 8.24. The number of halogens is 1. The van der Waals surface area contributed by atoms with E-state index in [9.17, 15) is 4.39 Å². The predicted octanol–water partition coefficient (Wildman–Crippen LogP) is 3.31. The molecule has 3 nitrogen and oxygen atoms in total. The van der Waals surface area contributed by atoms with Crippen molar-refractivity contribution in [3.63, 3.8) is 0 Å². The molecule has 0 radical (unpaired) electrons. The molecule has 4 heteroatoms. The Labute approximate surface area is 98.6 Å². The maximum absolute atomic E-state index is 13.2. The van der Waals surface area contributed by atoms with E-state index in [1.807, 2.05) is 12.1 Å². The second-order valence-electron chi connectivity index (χ2n) is 4.29. The standard InChI is InChI=1S/C13H13FN2O/c1-8-4-9(2-3-10(8)14)11-5-15-12-6-17-7-13(12)16-11/h2-4,6-7,11,15-16H,5H2,1H3. The van der Waals surface area contributed by atoms with Gasteiger partial charge in [-0.25, -0.2) is 4.39 Å². The lowest BCUT2D eigenvalue weighted by Crippen LogP contribution is -2.25. The molecule has 0 amide bonds. The van der Waals surface area contributed by atoms with Crippen LogP contribution in [0, 0.1) is 12.7 Å². The van der Waals surface area contributed by atoms with Gasteiger partial charge in [-0.3, -0.25) is 0 Å². The van der Waals surface area contributed by atoms with Crippen LogP contribution in [0.5, 0.6) is 0 Å². The Morgan fingerprint density at radius 2 is 2.12 bits per heavy atom. The molecule has 17 heavy (non-hydrogen) atoms. The highest BCUT2D eigenvalue weighted by Gasteiger charge is 2.20. The summed E-state index contributed by atoms with van der Waals surface area (Å²) in [5, 5.41) is 6.64. The average molecular weight is 232 g/mol. The summed E-state index contributed by atoms with van der Waals surface area (Å²) in [5.74, 6) is -0.165. The number of benzene rings is 1. The third-order valence-corrected chi connectivity index (χ3v) is 3.07. The Bertz CT molecular complexity index is 550. The van der Waals surface area contributed by atoms with E-state index in [1.165, 1.54) is 6.07 Å². The molecule has 0 bridgehead atoms. The molecule has 0 saturated carbocycles. The first-order valence-electron chi connectivity index (χ1n) is 5.56. The molecule has 1 unspecified atom stereocenters. The monoisotopic (exact) mass is 232 g/mol. The van der Waals surface area contributed by atoms with Crippen molar-refractivity contribution in [3.8, 4) is 0 Å². The van der Waals surface area contributed by atoms with Crippen LogP contribution < -0.4 is 10.6 Å². The minimum Gasteiger partial charge on any atom is -0.468 e. The molecule has 0 fully saturated rings. The van der Waals surface area contributed by atoms with E-state index in [2.05, 4.69) is 10.6 Å². The lowest BCUT2D eigenvalue weighted by molar-refractivity contribution is 0.569. The zero-order valence-electron chi connectivity index (χ0n) is 9.46. The fourth-order valence-electron chi connectivity index (χ4n) is 2.08. The lowest BCUT2D eigenvalue weighted by atomic mass is 10.0. The summed E-state index contributed by atoms with van der Waals surface area (Å²) in [5.41, 5.74) is 3.66. The molecule has 3 rings (SSSR count). The van der Waals surface area contributed by atoms with Gasteiger partial charge in [-0.05, 0) is 24.1 Å². The van der Waals surface area contributed by atoms with Gasteiger partial charge in [0.2, 0.25) is 0 Å². The molecule has 1 aromatic heterocycles. The maximum atomic E-state index is 13.2. The zero-order chi connectivity index (χ0) is 11.8. The van der Waals surface area contributed by atoms with Crippen molar-refractivity contribution >= 4 is 11.4 Å². The molecular formula is C13H13FN2O. The average Bonchev–Trinajstić information content (AvgIpc) is 2.79. The van der Waals surface area contributed by atoms with E-state index in [0.29, 0.717) is 5.56 Å². The number of fused-ring (bicyclic) bond motifs is 1. The number of furan rings is 1. The van der Waals surface area contributed by atoms with Gasteiger partial charge in [-0.1, -0.05) is 12.1 Å². The van der Waals surface area contributed by atoms with Gasteiger partial charge >= 0.3 is 0 Å². The van der Waals surface area contributed by atoms with Crippen LogP contribution in [-0.4, -0.2) is 6.54 Å². The quantitative estimate of drug-likeness (QED) is 0.792. The van der Waals surface area contributed by atoms with Crippen LogP contribution in [0.25, 0.3) is 0 Å². The molecule has 0 saturated heterocycles. The predicted molar refractivity (Wildman–Crippen MR) is 64.7 cm³/mol. The molecule has 2 aromatic rings. The van der Waals surface area contributed by atoms with E-state index in [4.69, 9.17) is 4.42 Å². The largest absolute Gasteiger partial charge is 0.468 e. The lowest BCUT2D eigenvalue weighted by Gasteiger charge is -2.26. The fraction of sp³-hybridized carbons (Fsp3) is 0.231. The van der Waals surface area contributed by atoms with Gasteiger partial charge in [-0.2, -0.15) is 0 Å². The first kappa shape index (κ1) is 10.2. The minimum atomic E-state index is -0.165. The number of anilines is 2. The van der Waals surface area contributed by atoms with Crippen molar-refractivity contribution in [3.05, 3.63) is 47.7 Å². The third kappa shape index (κ3) is 1.75. The van der Waals surface area contributed by atoms with Gasteiger partial charge in [0, 0.05) is 6.54 Å². The highest BCUT2D eigenvalue weighted by atomic mass is 19.1. The topological polar surface area (TPSA) is 37.2 Å². The summed E-state index contributed by atoms with van der Waals surface area (Å²) in [4.78, 5) is 0. The second kappa shape index (κ2) is 3.80. The van der Waals surface area contributed by atoms with E-state index in [-0.39, 0.29) is 11.9 Å². The van der Waals surface area contributed by atoms with E-state index in [0.717, 1.165) is 23.5 Å². The maximum Gasteiger partial charge on any atom is 0.126 e. The Hall–Kier alpha value is -1.97. The zero-order valence-corrected chi connectivity index (χ0v) is 9.46. The molecule has 1 aliphatic heterocycles. The molecule has 0 spiro atoms. The highest BCUT2D eigenvalue weighted by molar-refractivity contribution is 5.69. The summed E-state index contributed by atoms with van der Waals surface area (Å²) in [6.07, 6.45) is 3.35. The van der Waals surface area contributed by atoms with Crippen molar-refractivity contribution in [1.29, 1.82) is 0 Å². The Morgan fingerprint density at radius 3 is 2.94 bits per heavy atom. The molecule has 88 valence electrons. The molecular weight excluding hydrogens is 219 g/mol. The van der Waals surface area contributed by atoms with Crippen molar-refractivity contribution < 1.29 is 8.81 Å². The molecule has 1 aromatic carbocycles. The Balaban J connectivity index is 1.89. The fourth-order valence-corrected chi connectivity index (χ4v) is 2.08. The molecule has 1 aliphatic rings. The third-order valence-electron chi connectivity index (χ3n) is 3.07. The highest BCUT2D eigenvalue weighted by Crippen LogP contribution is 2.32. The second-order valence-corrected chi connectivity index (χ2v) is 4.29. The normalized spacial score (nSPS) is 18.1. The van der Waals surface area contributed by atoms with Crippen molar-refractivity contribution in [1.82, 2.24) is 0 Å². The summed E-state index contributed by atoms with van der Waals surface area (Å²) in [7, 11) is 0. The van der Waals surface area contributed by atoms with Crippen LogP contribution in [0.15, 0.2) is 35.1 Å². The Kier molecular flexibility index (Phi) is 2.28. The van der Waals surface area contributed by atoms with Crippen LogP contribution >= 0.6 is 0 Å². The molecule has 0 aliphatic carbocycles. The number of hydrogen-bond acceptors (Lipinski definition) is 3. The van der Waals surface area contributed by atoms with Gasteiger partial charge in [0.15, 0.2) is 0 Å². The SMILES string of the molecule is Cc1cc(C2CNc3cocc3N2)ccc1F.